The Morgan fingerprint density at radius 3 is 2.89 bits per heavy atom. The van der Waals surface area contributed by atoms with E-state index < -0.39 is 0 Å². The Kier molecular flexibility index (Phi) is 6.15. The average Bonchev–Trinajstić information content (AvgIpc) is 2.33. The van der Waals surface area contributed by atoms with Gasteiger partial charge in [0, 0.05) is 22.6 Å². The minimum atomic E-state index is -0.133. The molecule has 1 unspecified atom stereocenters. The number of hydrogen-bond donors (Lipinski definition) is 2. The molecule has 0 spiro atoms. The van der Waals surface area contributed by atoms with E-state index in [9.17, 15) is 4.79 Å². The van der Waals surface area contributed by atoms with Crippen LogP contribution in [-0.2, 0) is 4.79 Å². The summed E-state index contributed by atoms with van der Waals surface area (Å²) < 4.78 is 6.42. The molecule has 0 saturated heterocycles. The average molecular weight is 315 g/mol. The maximum Gasteiger partial charge on any atom is 0.257 e. The first-order valence-electron chi connectivity index (χ1n) is 5.99. The summed E-state index contributed by atoms with van der Waals surface area (Å²) in [5, 5.41) is 2.76. The molecule has 0 aromatic heterocycles. The third kappa shape index (κ3) is 4.66. The van der Waals surface area contributed by atoms with Crippen LogP contribution in [0.25, 0.3) is 0 Å². The van der Waals surface area contributed by atoms with Crippen LogP contribution in [0.4, 0.5) is 0 Å². The molecule has 0 heterocycles. The van der Waals surface area contributed by atoms with Gasteiger partial charge >= 0.3 is 0 Å². The third-order valence-corrected chi connectivity index (χ3v) is 2.89. The van der Waals surface area contributed by atoms with Gasteiger partial charge in [-0.15, -0.1) is 0 Å². The van der Waals surface area contributed by atoms with Crippen molar-refractivity contribution in [3.05, 3.63) is 28.2 Å². The number of carbonyl (C=O) groups is 1. The van der Waals surface area contributed by atoms with Gasteiger partial charge in [0.15, 0.2) is 6.61 Å². The lowest BCUT2D eigenvalue weighted by atomic mass is 10.1. The van der Waals surface area contributed by atoms with Crippen molar-refractivity contribution >= 4 is 21.8 Å². The number of rotatable bonds is 6. The maximum absolute atomic E-state index is 11.5. The second-order valence-electron chi connectivity index (χ2n) is 4.11. The highest BCUT2D eigenvalue weighted by Gasteiger charge is 2.10. The molecule has 4 nitrogen and oxygen atoms in total. The fourth-order valence-electron chi connectivity index (χ4n) is 1.47. The molecular formula is C13H19BrN2O2. The van der Waals surface area contributed by atoms with Crippen molar-refractivity contribution in [3.8, 4) is 5.75 Å². The molecule has 1 amide bonds. The Morgan fingerprint density at radius 1 is 1.56 bits per heavy atom. The summed E-state index contributed by atoms with van der Waals surface area (Å²) in [5.41, 5.74) is 6.75. The van der Waals surface area contributed by atoms with Crippen LogP contribution in [0.2, 0.25) is 0 Å². The van der Waals surface area contributed by atoms with Gasteiger partial charge in [0.1, 0.15) is 5.75 Å². The van der Waals surface area contributed by atoms with E-state index in [0.29, 0.717) is 12.3 Å². The number of hydrogen-bond acceptors (Lipinski definition) is 3. The Morgan fingerprint density at radius 2 is 2.28 bits per heavy atom. The highest BCUT2D eigenvalue weighted by Crippen LogP contribution is 2.27. The molecule has 18 heavy (non-hydrogen) atoms. The lowest BCUT2D eigenvalue weighted by molar-refractivity contribution is -0.123. The maximum atomic E-state index is 11.5. The lowest BCUT2D eigenvalue weighted by Crippen LogP contribution is -2.29. The van der Waals surface area contributed by atoms with Crippen molar-refractivity contribution in [2.24, 2.45) is 5.73 Å². The van der Waals surface area contributed by atoms with Gasteiger partial charge in [-0.1, -0.05) is 28.9 Å². The van der Waals surface area contributed by atoms with Crippen LogP contribution < -0.4 is 15.8 Å². The standard InChI is InChI=1S/C13H19BrN2O2/c1-3-6-16-13(17)8-18-12-7-10(14)4-5-11(12)9(2)15/h4-5,7,9H,3,6,8,15H2,1-2H3,(H,16,17). The molecule has 1 aromatic rings. The number of halogens is 1. The first kappa shape index (κ1) is 15.0. The van der Waals surface area contributed by atoms with E-state index in [1.807, 2.05) is 32.0 Å². The van der Waals surface area contributed by atoms with Crippen LogP contribution in [0.1, 0.15) is 31.9 Å². The van der Waals surface area contributed by atoms with Crippen LogP contribution >= 0.6 is 15.9 Å². The third-order valence-electron chi connectivity index (χ3n) is 2.40. The molecule has 5 heteroatoms. The molecule has 0 aliphatic carbocycles. The van der Waals surface area contributed by atoms with Gasteiger partial charge in [0.25, 0.3) is 5.91 Å². The van der Waals surface area contributed by atoms with Gasteiger partial charge in [-0.2, -0.15) is 0 Å². The Hall–Kier alpha value is -1.07. The summed E-state index contributed by atoms with van der Waals surface area (Å²) in [6.45, 7) is 4.56. The quantitative estimate of drug-likeness (QED) is 0.847. The van der Waals surface area contributed by atoms with E-state index in [2.05, 4.69) is 21.2 Å². The molecule has 1 atom stereocenters. The first-order valence-corrected chi connectivity index (χ1v) is 6.78. The van der Waals surface area contributed by atoms with Crippen molar-refractivity contribution in [2.45, 2.75) is 26.3 Å². The zero-order valence-electron chi connectivity index (χ0n) is 10.7. The molecule has 0 bridgehead atoms. The van der Waals surface area contributed by atoms with Crippen molar-refractivity contribution in [1.29, 1.82) is 0 Å². The molecule has 0 saturated carbocycles. The van der Waals surface area contributed by atoms with Crippen molar-refractivity contribution < 1.29 is 9.53 Å². The number of benzene rings is 1. The van der Waals surface area contributed by atoms with Gasteiger partial charge in [0.05, 0.1) is 0 Å². The normalized spacial score (nSPS) is 12.0. The predicted octanol–water partition coefficient (Wildman–Crippen LogP) is 2.37. The predicted molar refractivity (Wildman–Crippen MR) is 75.5 cm³/mol. The van der Waals surface area contributed by atoms with Crippen LogP contribution in [-0.4, -0.2) is 19.1 Å². The summed E-state index contributed by atoms with van der Waals surface area (Å²) in [5.74, 6) is 0.526. The van der Waals surface area contributed by atoms with Crippen LogP contribution in [0.15, 0.2) is 22.7 Å². The smallest absolute Gasteiger partial charge is 0.257 e. The van der Waals surface area contributed by atoms with Gasteiger partial charge in [0.2, 0.25) is 0 Å². The summed E-state index contributed by atoms with van der Waals surface area (Å²) in [7, 11) is 0. The number of carbonyl (C=O) groups excluding carboxylic acids is 1. The summed E-state index contributed by atoms with van der Waals surface area (Å²) >= 11 is 3.37. The second kappa shape index (κ2) is 7.38. The SMILES string of the molecule is CCCNC(=O)COc1cc(Br)ccc1C(C)N. The first-order chi connectivity index (χ1) is 8.54. The number of nitrogens with two attached hydrogens (primary N) is 1. The van der Waals surface area contributed by atoms with Crippen LogP contribution in [0, 0.1) is 0 Å². The topological polar surface area (TPSA) is 64.3 Å². The molecule has 3 N–H and O–H groups in total. The number of amides is 1. The zero-order chi connectivity index (χ0) is 13.5. The molecular weight excluding hydrogens is 296 g/mol. The monoisotopic (exact) mass is 314 g/mol. The van der Waals surface area contributed by atoms with Crippen molar-refractivity contribution in [1.82, 2.24) is 5.32 Å². The van der Waals surface area contributed by atoms with Gasteiger partial charge in [-0.05, 0) is 25.5 Å². The van der Waals surface area contributed by atoms with Gasteiger partial charge < -0.3 is 15.8 Å². The largest absolute Gasteiger partial charge is 0.483 e. The van der Waals surface area contributed by atoms with Crippen molar-refractivity contribution in [2.75, 3.05) is 13.2 Å². The summed E-state index contributed by atoms with van der Waals surface area (Å²) in [6, 6.07) is 5.49. The molecule has 0 fully saturated rings. The fraction of sp³-hybridized carbons (Fsp3) is 0.462. The van der Waals surface area contributed by atoms with Crippen LogP contribution in [0.3, 0.4) is 0 Å². The highest BCUT2D eigenvalue weighted by atomic mass is 79.9. The summed E-state index contributed by atoms with van der Waals surface area (Å²) in [6.07, 6.45) is 0.910. The lowest BCUT2D eigenvalue weighted by Gasteiger charge is -2.14. The van der Waals surface area contributed by atoms with Crippen molar-refractivity contribution in [3.63, 3.8) is 0 Å². The van der Waals surface area contributed by atoms with E-state index in [0.717, 1.165) is 16.5 Å². The molecule has 1 aromatic carbocycles. The molecule has 0 radical (unpaired) electrons. The Bertz CT molecular complexity index is 408. The fourth-order valence-corrected chi connectivity index (χ4v) is 1.81. The second-order valence-corrected chi connectivity index (χ2v) is 5.03. The highest BCUT2D eigenvalue weighted by molar-refractivity contribution is 9.10. The minimum absolute atomic E-state index is 0.0101. The van der Waals surface area contributed by atoms with E-state index in [1.54, 1.807) is 0 Å². The molecule has 0 aliphatic rings. The number of ether oxygens (including phenoxy) is 1. The Labute approximate surface area is 116 Å². The zero-order valence-corrected chi connectivity index (χ0v) is 12.3. The van der Waals surface area contributed by atoms with E-state index in [1.165, 1.54) is 0 Å². The molecule has 1 rings (SSSR count). The van der Waals surface area contributed by atoms with E-state index in [4.69, 9.17) is 10.5 Å². The molecule has 0 aliphatic heterocycles. The minimum Gasteiger partial charge on any atom is -0.483 e. The van der Waals surface area contributed by atoms with E-state index in [-0.39, 0.29) is 18.6 Å². The van der Waals surface area contributed by atoms with Gasteiger partial charge in [-0.25, -0.2) is 0 Å². The molecule has 100 valence electrons. The van der Waals surface area contributed by atoms with E-state index >= 15 is 0 Å². The number of nitrogens with one attached hydrogen (secondary N) is 1. The van der Waals surface area contributed by atoms with Crippen LogP contribution in [0.5, 0.6) is 5.75 Å². The Balaban J connectivity index is 2.65. The summed E-state index contributed by atoms with van der Waals surface area (Å²) in [4.78, 5) is 11.5. The van der Waals surface area contributed by atoms with Gasteiger partial charge in [-0.3, -0.25) is 4.79 Å².